The summed E-state index contributed by atoms with van der Waals surface area (Å²) in [5, 5.41) is 11.5. The van der Waals surface area contributed by atoms with Crippen molar-refractivity contribution in [3.8, 4) is 5.75 Å². The van der Waals surface area contributed by atoms with Gasteiger partial charge in [-0.1, -0.05) is 30.3 Å². The van der Waals surface area contributed by atoms with Crippen LogP contribution in [0.4, 0.5) is 8.78 Å². The van der Waals surface area contributed by atoms with Crippen molar-refractivity contribution in [3.05, 3.63) is 71.4 Å². The summed E-state index contributed by atoms with van der Waals surface area (Å²) in [5.41, 5.74) is 0.374. The zero-order valence-corrected chi connectivity index (χ0v) is 12.3. The molecule has 5 nitrogen and oxygen atoms in total. The lowest BCUT2D eigenvalue weighted by Gasteiger charge is -2.07. The van der Waals surface area contributed by atoms with E-state index >= 15 is 0 Å². The van der Waals surface area contributed by atoms with Crippen LogP contribution in [0.25, 0.3) is 6.08 Å². The minimum Gasteiger partial charge on any atom is -0.477 e. The molecule has 0 heterocycles. The zero-order valence-electron chi connectivity index (χ0n) is 12.3. The van der Waals surface area contributed by atoms with Crippen molar-refractivity contribution in [2.24, 2.45) is 0 Å². The van der Waals surface area contributed by atoms with Gasteiger partial charge in [0.2, 0.25) is 0 Å². The first-order chi connectivity index (χ1) is 11.5. The van der Waals surface area contributed by atoms with E-state index in [1.54, 1.807) is 30.3 Å². The number of rotatable bonds is 6. The molecule has 2 rings (SSSR count). The minimum absolute atomic E-state index is 0.0488. The van der Waals surface area contributed by atoms with Crippen LogP contribution in [0.3, 0.4) is 0 Å². The lowest BCUT2D eigenvalue weighted by atomic mass is 10.1. The highest BCUT2D eigenvalue weighted by molar-refractivity contribution is 6.02. The van der Waals surface area contributed by atoms with E-state index in [1.165, 1.54) is 30.3 Å². The highest BCUT2D eigenvalue weighted by Gasteiger charge is 2.13. The number of alkyl halides is 2. The molecular weight excluding hydrogens is 320 g/mol. The molecule has 24 heavy (non-hydrogen) atoms. The smallest absolute Gasteiger partial charge is 0.387 e. The SMILES string of the molecule is O=C(O)C(=Cc1ccc(OC(F)F)cc1)NC(=O)c1ccccc1. The fraction of sp³-hybridized carbons (Fsp3) is 0.0588. The van der Waals surface area contributed by atoms with Gasteiger partial charge in [-0.2, -0.15) is 8.78 Å². The number of aliphatic carboxylic acids is 1. The van der Waals surface area contributed by atoms with Gasteiger partial charge in [-0.25, -0.2) is 4.79 Å². The quantitative estimate of drug-likeness (QED) is 0.796. The van der Waals surface area contributed by atoms with Crippen molar-refractivity contribution in [3.63, 3.8) is 0 Å². The number of carboxylic acid groups (broad SMARTS) is 1. The molecule has 1 amide bonds. The standard InChI is InChI=1S/C17H13F2NO4/c18-17(19)24-13-8-6-11(7-9-13)10-14(16(22)23)20-15(21)12-4-2-1-3-5-12/h1-10,17H,(H,20,21)(H,22,23). The molecule has 2 aromatic rings. The van der Waals surface area contributed by atoms with E-state index in [2.05, 4.69) is 10.1 Å². The molecule has 0 radical (unpaired) electrons. The third kappa shape index (κ3) is 4.91. The van der Waals surface area contributed by atoms with Gasteiger partial charge in [0.05, 0.1) is 0 Å². The number of nitrogens with one attached hydrogen (secondary N) is 1. The Hall–Kier alpha value is -3.22. The molecular formula is C17H13F2NO4. The second-order valence-corrected chi connectivity index (χ2v) is 4.63. The van der Waals surface area contributed by atoms with Gasteiger partial charge in [0.25, 0.3) is 5.91 Å². The number of halogens is 2. The van der Waals surface area contributed by atoms with Crippen LogP contribution in [-0.4, -0.2) is 23.6 Å². The van der Waals surface area contributed by atoms with Gasteiger partial charge in [0, 0.05) is 5.56 Å². The first kappa shape index (κ1) is 17.1. The summed E-state index contributed by atoms with van der Waals surface area (Å²) in [6.07, 6.45) is 1.22. The number of carboxylic acids is 1. The molecule has 0 saturated carbocycles. The van der Waals surface area contributed by atoms with Crippen LogP contribution in [0.15, 0.2) is 60.3 Å². The average molecular weight is 333 g/mol. The van der Waals surface area contributed by atoms with Gasteiger partial charge in [-0.15, -0.1) is 0 Å². The minimum atomic E-state index is -2.94. The van der Waals surface area contributed by atoms with Crippen molar-refractivity contribution in [1.82, 2.24) is 5.32 Å². The first-order valence-corrected chi connectivity index (χ1v) is 6.82. The Labute approximate surface area is 136 Å². The van der Waals surface area contributed by atoms with Crippen molar-refractivity contribution < 1.29 is 28.2 Å². The zero-order chi connectivity index (χ0) is 17.5. The Morgan fingerprint density at radius 2 is 1.67 bits per heavy atom. The van der Waals surface area contributed by atoms with Crippen LogP contribution in [0.1, 0.15) is 15.9 Å². The Balaban J connectivity index is 2.16. The maximum absolute atomic E-state index is 12.1. The lowest BCUT2D eigenvalue weighted by Crippen LogP contribution is -2.27. The Morgan fingerprint density at radius 1 is 1.04 bits per heavy atom. The fourth-order valence-electron chi connectivity index (χ4n) is 1.85. The Bertz CT molecular complexity index is 743. The number of benzene rings is 2. The van der Waals surface area contributed by atoms with Crippen molar-refractivity contribution in [1.29, 1.82) is 0 Å². The van der Waals surface area contributed by atoms with Crippen molar-refractivity contribution in [2.45, 2.75) is 6.61 Å². The van der Waals surface area contributed by atoms with Crippen molar-refractivity contribution in [2.75, 3.05) is 0 Å². The molecule has 124 valence electrons. The third-order valence-corrected chi connectivity index (χ3v) is 2.93. The monoisotopic (exact) mass is 333 g/mol. The van der Waals surface area contributed by atoms with Gasteiger partial charge < -0.3 is 15.2 Å². The second-order valence-electron chi connectivity index (χ2n) is 4.63. The molecule has 0 atom stereocenters. The molecule has 0 aromatic heterocycles. The summed E-state index contributed by atoms with van der Waals surface area (Å²) in [7, 11) is 0. The van der Waals surface area contributed by atoms with E-state index in [4.69, 9.17) is 0 Å². The molecule has 0 fully saturated rings. The fourth-order valence-corrected chi connectivity index (χ4v) is 1.85. The first-order valence-electron chi connectivity index (χ1n) is 6.82. The molecule has 0 aliphatic heterocycles. The number of hydrogen-bond donors (Lipinski definition) is 2. The van der Waals surface area contributed by atoms with Gasteiger partial charge in [-0.05, 0) is 35.9 Å². The maximum atomic E-state index is 12.1. The summed E-state index contributed by atoms with van der Waals surface area (Å²) in [5.74, 6) is -1.94. The predicted molar refractivity (Wildman–Crippen MR) is 82.6 cm³/mol. The number of hydrogen-bond acceptors (Lipinski definition) is 3. The predicted octanol–water partition coefficient (Wildman–Crippen LogP) is 3.14. The summed E-state index contributed by atoms with van der Waals surface area (Å²) >= 11 is 0. The number of amides is 1. The van der Waals surface area contributed by atoms with E-state index in [0.29, 0.717) is 11.1 Å². The molecule has 0 aliphatic carbocycles. The third-order valence-electron chi connectivity index (χ3n) is 2.93. The normalized spacial score (nSPS) is 11.2. The molecule has 0 saturated heterocycles. The molecule has 0 bridgehead atoms. The summed E-state index contributed by atoms with van der Waals surface area (Å²) < 4.78 is 28.4. The van der Waals surface area contributed by atoms with Gasteiger partial charge >= 0.3 is 12.6 Å². The maximum Gasteiger partial charge on any atom is 0.387 e. The largest absolute Gasteiger partial charge is 0.477 e. The Kier molecular flexibility index (Phi) is 5.62. The molecule has 0 spiro atoms. The molecule has 2 aromatic carbocycles. The highest BCUT2D eigenvalue weighted by atomic mass is 19.3. The van der Waals surface area contributed by atoms with Crippen LogP contribution in [0.2, 0.25) is 0 Å². The topological polar surface area (TPSA) is 75.6 Å². The van der Waals surface area contributed by atoms with Crippen LogP contribution < -0.4 is 10.1 Å². The van der Waals surface area contributed by atoms with Crippen LogP contribution >= 0.6 is 0 Å². The molecule has 7 heteroatoms. The second kappa shape index (κ2) is 7.87. The van der Waals surface area contributed by atoms with Gasteiger partial charge in [0.1, 0.15) is 11.4 Å². The van der Waals surface area contributed by atoms with Crippen LogP contribution in [0, 0.1) is 0 Å². The van der Waals surface area contributed by atoms with Crippen LogP contribution in [-0.2, 0) is 4.79 Å². The van der Waals surface area contributed by atoms with E-state index in [9.17, 15) is 23.5 Å². The Morgan fingerprint density at radius 3 is 2.21 bits per heavy atom. The summed E-state index contributed by atoms with van der Waals surface area (Å²) in [6.45, 7) is -2.94. The van der Waals surface area contributed by atoms with Crippen LogP contribution in [0.5, 0.6) is 5.75 Å². The van der Waals surface area contributed by atoms with E-state index in [1.807, 2.05) is 0 Å². The lowest BCUT2D eigenvalue weighted by molar-refractivity contribution is -0.132. The summed E-state index contributed by atoms with van der Waals surface area (Å²) in [4.78, 5) is 23.3. The van der Waals surface area contributed by atoms with Crippen molar-refractivity contribution >= 4 is 18.0 Å². The molecule has 0 unspecified atom stereocenters. The van der Waals surface area contributed by atoms with E-state index in [-0.39, 0.29) is 11.4 Å². The van der Waals surface area contributed by atoms with E-state index < -0.39 is 18.5 Å². The van der Waals surface area contributed by atoms with E-state index in [0.717, 1.165) is 0 Å². The molecule has 0 aliphatic rings. The highest BCUT2D eigenvalue weighted by Crippen LogP contribution is 2.16. The van der Waals surface area contributed by atoms with Gasteiger partial charge in [0.15, 0.2) is 0 Å². The van der Waals surface area contributed by atoms with Gasteiger partial charge in [-0.3, -0.25) is 4.79 Å². The number of ether oxygens (including phenoxy) is 1. The number of carbonyl (C=O) groups is 2. The molecule has 2 N–H and O–H groups in total. The average Bonchev–Trinajstić information content (AvgIpc) is 2.56. The summed E-state index contributed by atoms with van der Waals surface area (Å²) in [6, 6.07) is 13.5. The number of carbonyl (C=O) groups excluding carboxylic acids is 1.